The second-order valence-electron chi connectivity index (χ2n) is 10.1. The summed E-state index contributed by atoms with van der Waals surface area (Å²) in [5.41, 5.74) is 5.30. The molecular weight excluding hydrogens is 516 g/mol. The normalized spacial score (nSPS) is 19.1. The third-order valence-electron chi connectivity index (χ3n) is 7.04. The SMILES string of the molecule is O=C(OCC1=CCC[C@@H](Cc2c[nH]c(=S)[nH]2)C1)c1ccccc1.OCC1=CCC[C@@H](Cc2c[nH]c(=S)[nH]2)C1. The summed E-state index contributed by atoms with van der Waals surface area (Å²) in [5.74, 6) is 0.939. The molecule has 2 heterocycles. The highest BCUT2D eigenvalue weighted by Gasteiger charge is 2.18. The second kappa shape index (κ2) is 14.2. The molecule has 2 aliphatic carbocycles. The summed E-state index contributed by atoms with van der Waals surface area (Å²) in [7, 11) is 0. The predicted octanol–water partition coefficient (Wildman–Crippen LogP) is 6.53. The Morgan fingerprint density at radius 1 is 0.868 bits per heavy atom. The minimum absolute atomic E-state index is 0.208. The minimum Gasteiger partial charge on any atom is -0.458 e. The average Bonchev–Trinajstić information content (AvgIpc) is 3.55. The van der Waals surface area contributed by atoms with E-state index in [1.807, 2.05) is 30.6 Å². The highest BCUT2D eigenvalue weighted by atomic mass is 32.1. The van der Waals surface area contributed by atoms with Gasteiger partial charge in [-0.3, -0.25) is 0 Å². The topological polar surface area (TPSA) is 110 Å². The van der Waals surface area contributed by atoms with Crippen molar-refractivity contribution in [3.63, 3.8) is 0 Å². The monoisotopic (exact) mass is 552 g/mol. The molecule has 0 spiro atoms. The Kier molecular flexibility index (Phi) is 10.5. The molecule has 5 rings (SSSR count). The number of hydrogen-bond acceptors (Lipinski definition) is 5. The van der Waals surface area contributed by atoms with Gasteiger partial charge in [0.2, 0.25) is 0 Å². The predicted molar refractivity (Wildman–Crippen MR) is 154 cm³/mol. The molecule has 1 aromatic carbocycles. The molecule has 0 radical (unpaired) electrons. The maximum atomic E-state index is 12.0. The lowest BCUT2D eigenvalue weighted by atomic mass is 9.86. The highest BCUT2D eigenvalue weighted by molar-refractivity contribution is 7.71. The molecule has 2 atom stereocenters. The number of esters is 1. The number of ether oxygens (including phenoxy) is 1. The fourth-order valence-electron chi connectivity index (χ4n) is 5.15. The number of carbonyl (C=O) groups excluding carboxylic acids is 1. The van der Waals surface area contributed by atoms with E-state index in [1.165, 1.54) is 23.3 Å². The number of aliphatic hydroxyl groups excluding tert-OH is 1. The molecule has 5 N–H and O–H groups in total. The van der Waals surface area contributed by atoms with Crippen molar-refractivity contribution < 1.29 is 14.6 Å². The number of aromatic nitrogens is 4. The third-order valence-corrected chi connectivity index (χ3v) is 7.48. The van der Waals surface area contributed by atoms with E-state index in [1.54, 1.807) is 12.1 Å². The fourth-order valence-corrected chi connectivity index (χ4v) is 5.53. The van der Waals surface area contributed by atoms with Crippen molar-refractivity contribution in [2.45, 2.75) is 51.4 Å². The van der Waals surface area contributed by atoms with Crippen molar-refractivity contribution in [2.24, 2.45) is 11.8 Å². The summed E-state index contributed by atoms with van der Waals surface area (Å²) < 4.78 is 6.80. The molecule has 0 aliphatic heterocycles. The molecule has 2 aliphatic rings. The Bertz CT molecular complexity index is 1350. The van der Waals surface area contributed by atoms with E-state index in [9.17, 15) is 4.79 Å². The summed E-state index contributed by atoms with van der Waals surface area (Å²) in [6.07, 6.45) is 16.7. The van der Waals surface area contributed by atoms with E-state index in [-0.39, 0.29) is 12.6 Å². The van der Waals surface area contributed by atoms with Gasteiger partial charge in [-0.15, -0.1) is 0 Å². The van der Waals surface area contributed by atoms with Crippen LogP contribution in [0.15, 0.2) is 66.0 Å². The molecule has 0 saturated carbocycles. The van der Waals surface area contributed by atoms with Crippen LogP contribution in [0, 0.1) is 21.4 Å². The Morgan fingerprint density at radius 2 is 1.42 bits per heavy atom. The summed E-state index contributed by atoms with van der Waals surface area (Å²) in [5, 5.41) is 9.08. The number of nitrogens with one attached hydrogen (secondary N) is 4. The van der Waals surface area contributed by atoms with Crippen molar-refractivity contribution in [2.75, 3.05) is 13.2 Å². The number of hydrogen-bond donors (Lipinski definition) is 5. The maximum absolute atomic E-state index is 12.0. The first kappa shape index (κ1) is 28.0. The largest absolute Gasteiger partial charge is 0.458 e. The van der Waals surface area contributed by atoms with Gasteiger partial charge in [0.25, 0.3) is 0 Å². The van der Waals surface area contributed by atoms with Gasteiger partial charge in [0.05, 0.1) is 12.2 Å². The van der Waals surface area contributed by atoms with Gasteiger partial charge in [0, 0.05) is 23.8 Å². The molecule has 202 valence electrons. The van der Waals surface area contributed by atoms with Crippen molar-refractivity contribution >= 4 is 30.4 Å². The molecule has 0 saturated heterocycles. The van der Waals surface area contributed by atoms with Gasteiger partial charge in [-0.05, 0) is 111 Å². The number of rotatable bonds is 8. The minimum atomic E-state index is -0.261. The zero-order valence-corrected chi connectivity index (χ0v) is 23.1. The number of allylic oxidation sites excluding steroid dienone is 2. The smallest absolute Gasteiger partial charge is 0.338 e. The van der Waals surface area contributed by atoms with Gasteiger partial charge in [-0.25, -0.2) is 4.79 Å². The van der Waals surface area contributed by atoms with Gasteiger partial charge in [0.1, 0.15) is 6.61 Å². The average molecular weight is 553 g/mol. The standard InChI is InChI=1S/C18H20N2O2S.C11H16N2OS/c21-17(15-7-2-1-3-8-15)22-12-14-6-4-5-13(9-14)10-16-11-19-18(23)20-16;14-7-9-3-1-2-8(4-9)5-10-6-12-11(15)13-10/h1-3,6-8,11,13H,4-5,9-10,12H2,(H2,19,20,23);3,6,8,14H,1-2,4-5,7H2,(H2,12,13,15)/t13-;8-/m11/s1. The van der Waals surface area contributed by atoms with Crippen LogP contribution >= 0.6 is 24.4 Å². The number of aliphatic hydroxyl groups is 1. The van der Waals surface area contributed by atoms with Crippen LogP contribution in [0.4, 0.5) is 0 Å². The van der Waals surface area contributed by atoms with Gasteiger partial charge in [-0.2, -0.15) is 0 Å². The Balaban J connectivity index is 0.000000194. The Labute approximate surface area is 233 Å². The fraction of sp³-hybridized carbons (Fsp3) is 0.414. The highest BCUT2D eigenvalue weighted by Crippen LogP contribution is 2.28. The van der Waals surface area contributed by atoms with E-state index in [0.29, 0.717) is 33.5 Å². The summed E-state index contributed by atoms with van der Waals surface area (Å²) in [6, 6.07) is 9.11. The van der Waals surface area contributed by atoms with Crippen LogP contribution in [0.3, 0.4) is 0 Å². The number of imidazole rings is 2. The van der Waals surface area contributed by atoms with Gasteiger partial charge in [-0.1, -0.05) is 30.4 Å². The van der Waals surface area contributed by atoms with Crippen molar-refractivity contribution in [3.05, 3.63) is 92.5 Å². The molecular formula is C29H36N4O3S2. The molecule has 38 heavy (non-hydrogen) atoms. The first-order valence-electron chi connectivity index (χ1n) is 13.2. The molecule has 0 bridgehead atoms. The third kappa shape index (κ3) is 8.79. The zero-order chi connectivity index (χ0) is 26.7. The van der Waals surface area contributed by atoms with Gasteiger partial charge in [0.15, 0.2) is 9.54 Å². The van der Waals surface area contributed by atoms with Crippen molar-refractivity contribution in [1.82, 2.24) is 19.9 Å². The van der Waals surface area contributed by atoms with Crippen LogP contribution in [0.2, 0.25) is 0 Å². The Morgan fingerprint density at radius 3 is 1.95 bits per heavy atom. The van der Waals surface area contributed by atoms with Crippen molar-refractivity contribution in [3.8, 4) is 0 Å². The lowest BCUT2D eigenvalue weighted by Crippen LogP contribution is -2.15. The Hall–Kier alpha value is -3.01. The lowest BCUT2D eigenvalue weighted by Gasteiger charge is -2.22. The van der Waals surface area contributed by atoms with E-state index in [2.05, 4.69) is 32.1 Å². The van der Waals surface area contributed by atoms with E-state index in [0.717, 1.165) is 50.6 Å². The van der Waals surface area contributed by atoms with E-state index < -0.39 is 0 Å². The summed E-state index contributed by atoms with van der Waals surface area (Å²) >= 11 is 10.0. The zero-order valence-electron chi connectivity index (χ0n) is 21.5. The number of aromatic amines is 4. The summed E-state index contributed by atoms with van der Waals surface area (Å²) in [4.78, 5) is 24.3. The maximum Gasteiger partial charge on any atom is 0.338 e. The molecule has 0 amide bonds. The molecule has 9 heteroatoms. The van der Waals surface area contributed by atoms with E-state index >= 15 is 0 Å². The number of H-pyrrole nitrogens is 4. The van der Waals surface area contributed by atoms with Crippen LogP contribution in [-0.2, 0) is 17.6 Å². The molecule has 0 fully saturated rings. The second-order valence-corrected chi connectivity index (χ2v) is 10.9. The first-order valence-corrected chi connectivity index (χ1v) is 14.0. The van der Waals surface area contributed by atoms with Crippen LogP contribution in [0.1, 0.15) is 60.3 Å². The van der Waals surface area contributed by atoms with Gasteiger partial charge < -0.3 is 29.8 Å². The van der Waals surface area contributed by atoms with E-state index in [4.69, 9.17) is 34.3 Å². The molecule has 2 aromatic heterocycles. The first-order chi connectivity index (χ1) is 18.5. The quantitative estimate of drug-likeness (QED) is 0.124. The molecule has 3 aromatic rings. The molecule has 0 unspecified atom stereocenters. The van der Waals surface area contributed by atoms with Crippen LogP contribution in [0.25, 0.3) is 0 Å². The van der Waals surface area contributed by atoms with Gasteiger partial charge >= 0.3 is 5.97 Å². The van der Waals surface area contributed by atoms with Crippen LogP contribution in [-0.4, -0.2) is 44.2 Å². The molecule has 7 nitrogen and oxygen atoms in total. The van der Waals surface area contributed by atoms with Crippen LogP contribution < -0.4 is 0 Å². The van der Waals surface area contributed by atoms with Crippen molar-refractivity contribution in [1.29, 1.82) is 0 Å². The van der Waals surface area contributed by atoms with Crippen LogP contribution in [0.5, 0.6) is 0 Å². The summed E-state index contributed by atoms with van der Waals surface area (Å²) in [6.45, 7) is 0.590. The number of carbonyl (C=O) groups is 1. The number of benzene rings is 1. The lowest BCUT2D eigenvalue weighted by molar-refractivity contribution is 0.0533.